The average molecular weight is 243 g/mol. The molecule has 18 heavy (non-hydrogen) atoms. The van der Waals surface area contributed by atoms with Crippen LogP contribution >= 0.6 is 0 Å². The van der Waals surface area contributed by atoms with E-state index in [2.05, 4.69) is 5.32 Å². The molecule has 5 nitrogen and oxygen atoms in total. The molecule has 92 valence electrons. The highest BCUT2D eigenvalue weighted by atomic mass is 16.2. The highest BCUT2D eigenvalue weighted by Crippen LogP contribution is 2.18. The third kappa shape index (κ3) is 2.48. The van der Waals surface area contributed by atoms with Gasteiger partial charge in [-0.05, 0) is 18.2 Å². The maximum Gasteiger partial charge on any atom is 0.231 e. The van der Waals surface area contributed by atoms with Gasteiger partial charge in [-0.2, -0.15) is 5.26 Å². The Bertz CT molecular complexity index is 527. The summed E-state index contributed by atoms with van der Waals surface area (Å²) in [4.78, 5) is 24.4. The molecule has 1 aromatic rings. The van der Waals surface area contributed by atoms with Gasteiger partial charge in [-0.15, -0.1) is 0 Å². The second kappa shape index (κ2) is 4.88. The average Bonchev–Trinajstić information content (AvgIpc) is 2.26. The van der Waals surface area contributed by atoms with Crippen LogP contribution in [0.2, 0.25) is 0 Å². The summed E-state index contributed by atoms with van der Waals surface area (Å²) in [6, 6.07) is 8.77. The van der Waals surface area contributed by atoms with E-state index in [-0.39, 0.29) is 17.7 Å². The minimum atomic E-state index is -0.153. The van der Waals surface area contributed by atoms with Gasteiger partial charge in [0, 0.05) is 25.7 Å². The summed E-state index contributed by atoms with van der Waals surface area (Å²) in [5, 5.41) is 11.5. The summed E-state index contributed by atoms with van der Waals surface area (Å²) in [6.45, 7) is 2.43. The van der Waals surface area contributed by atoms with Gasteiger partial charge in [0.1, 0.15) is 0 Å². The molecule has 2 amide bonds. The van der Waals surface area contributed by atoms with Crippen molar-refractivity contribution < 1.29 is 9.59 Å². The van der Waals surface area contributed by atoms with Gasteiger partial charge in [0.25, 0.3) is 0 Å². The van der Waals surface area contributed by atoms with Crippen LogP contribution < -0.4 is 5.32 Å². The topological polar surface area (TPSA) is 73.2 Å². The standard InChI is InChI=1S/C13H13N3O2/c1-9(17)16-7-11(8-16)13(18)15-12-4-2-3-10(5-12)6-14/h2-5,11H,7-8H2,1H3,(H,15,18). The van der Waals surface area contributed by atoms with E-state index < -0.39 is 0 Å². The predicted octanol–water partition coefficient (Wildman–Crippen LogP) is 0.975. The molecule has 1 heterocycles. The second-order valence-electron chi connectivity index (χ2n) is 4.30. The molecule has 0 atom stereocenters. The largest absolute Gasteiger partial charge is 0.341 e. The first kappa shape index (κ1) is 12.1. The highest BCUT2D eigenvalue weighted by molar-refractivity contribution is 5.94. The summed E-state index contributed by atoms with van der Waals surface area (Å²) in [5.74, 6) is -0.271. The van der Waals surface area contributed by atoms with Crippen molar-refractivity contribution in [3.8, 4) is 6.07 Å². The third-order valence-corrected chi connectivity index (χ3v) is 2.96. The molecule has 0 aromatic heterocycles. The van der Waals surface area contributed by atoms with Crippen molar-refractivity contribution in [2.75, 3.05) is 18.4 Å². The number of nitriles is 1. The summed E-state index contributed by atoms with van der Waals surface area (Å²) >= 11 is 0. The molecular weight excluding hydrogens is 230 g/mol. The fourth-order valence-corrected chi connectivity index (χ4v) is 1.81. The number of carbonyl (C=O) groups is 2. The Labute approximate surface area is 105 Å². The number of anilines is 1. The Morgan fingerprint density at radius 2 is 2.17 bits per heavy atom. The quantitative estimate of drug-likeness (QED) is 0.841. The first-order valence-electron chi connectivity index (χ1n) is 5.66. The SMILES string of the molecule is CC(=O)N1CC(C(=O)Nc2cccc(C#N)c2)C1. The third-order valence-electron chi connectivity index (χ3n) is 2.96. The Morgan fingerprint density at radius 3 is 2.78 bits per heavy atom. The lowest BCUT2D eigenvalue weighted by Crippen LogP contribution is -2.53. The molecule has 0 radical (unpaired) electrons. The normalized spacial score (nSPS) is 14.6. The monoisotopic (exact) mass is 243 g/mol. The van der Waals surface area contributed by atoms with Gasteiger partial charge in [-0.1, -0.05) is 6.07 Å². The van der Waals surface area contributed by atoms with Crippen molar-refractivity contribution in [3.63, 3.8) is 0 Å². The minimum Gasteiger partial charge on any atom is -0.341 e. The molecule has 0 spiro atoms. The Kier molecular flexibility index (Phi) is 3.28. The first-order valence-corrected chi connectivity index (χ1v) is 5.66. The summed E-state index contributed by atoms with van der Waals surface area (Å²) in [5.41, 5.74) is 1.12. The number of carbonyl (C=O) groups excluding carboxylic acids is 2. The first-order chi connectivity index (χ1) is 8.60. The van der Waals surface area contributed by atoms with Gasteiger partial charge in [0.15, 0.2) is 0 Å². The fraction of sp³-hybridized carbons (Fsp3) is 0.308. The van der Waals surface area contributed by atoms with Gasteiger partial charge in [0.2, 0.25) is 11.8 Å². The molecule has 1 aromatic carbocycles. The van der Waals surface area contributed by atoms with Crippen LogP contribution in [-0.4, -0.2) is 29.8 Å². The van der Waals surface area contributed by atoms with Gasteiger partial charge in [-0.3, -0.25) is 9.59 Å². The maximum absolute atomic E-state index is 11.8. The van der Waals surface area contributed by atoms with Gasteiger partial charge >= 0.3 is 0 Å². The van der Waals surface area contributed by atoms with Crippen LogP contribution in [0.4, 0.5) is 5.69 Å². The van der Waals surface area contributed by atoms with E-state index in [0.29, 0.717) is 24.3 Å². The van der Waals surface area contributed by atoms with Crippen LogP contribution in [0.3, 0.4) is 0 Å². The number of amides is 2. The molecule has 1 aliphatic heterocycles. The molecule has 1 saturated heterocycles. The predicted molar refractivity (Wildman–Crippen MR) is 65.5 cm³/mol. The molecule has 1 N–H and O–H groups in total. The van der Waals surface area contributed by atoms with Crippen LogP contribution in [0.1, 0.15) is 12.5 Å². The molecule has 0 bridgehead atoms. The highest BCUT2D eigenvalue weighted by Gasteiger charge is 2.33. The second-order valence-corrected chi connectivity index (χ2v) is 4.30. The van der Waals surface area contributed by atoms with Crippen LogP contribution in [0, 0.1) is 17.2 Å². The van der Waals surface area contributed by atoms with Crippen molar-refractivity contribution in [2.45, 2.75) is 6.92 Å². The van der Waals surface area contributed by atoms with E-state index in [1.807, 2.05) is 6.07 Å². The lowest BCUT2D eigenvalue weighted by atomic mass is 9.99. The molecule has 0 unspecified atom stereocenters. The number of rotatable bonds is 2. The van der Waals surface area contributed by atoms with Crippen LogP contribution in [0.5, 0.6) is 0 Å². The van der Waals surface area contributed by atoms with Crippen molar-refractivity contribution in [2.24, 2.45) is 5.92 Å². The molecule has 1 fully saturated rings. The zero-order valence-corrected chi connectivity index (χ0v) is 10.0. The lowest BCUT2D eigenvalue weighted by Gasteiger charge is -2.37. The van der Waals surface area contributed by atoms with Crippen LogP contribution in [-0.2, 0) is 9.59 Å². The number of hydrogen-bond donors (Lipinski definition) is 1. The molecule has 1 aliphatic rings. The number of hydrogen-bond acceptors (Lipinski definition) is 3. The van der Waals surface area contributed by atoms with Crippen LogP contribution in [0.15, 0.2) is 24.3 Å². The summed E-state index contributed by atoms with van der Waals surface area (Å²) in [6.07, 6.45) is 0. The van der Waals surface area contributed by atoms with E-state index in [9.17, 15) is 9.59 Å². The van der Waals surface area contributed by atoms with E-state index in [4.69, 9.17) is 5.26 Å². The smallest absolute Gasteiger partial charge is 0.231 e. The zero-order chi connectivity index (χ0) is 13.1. The van der Waals surface area contributed by atoms with Crippen molar-refractivity contribution in [3.05, 3.63) is 29.8 Å². The maximum atomic E-state index is 11.8. The molecule has 5 heteroatoms. The number of nitrogens with one attached hydrogen (secondary N) is 1. The lowest BCUT2D eigenvalue weighted by molar-refractivity contribution is -0.139. The Balaban J connectivity index is 1.93. The Morgan fingerprint density at radius 1 is 1.44 bits per heavy atom. The van der Waals surface area contributed by atoms with Crippen LogP contribution in [0.25, 0.3) is 0 Å². The van der Waals surface area contributed by atoms with Crippen molar-refractivity contribution in [1.82, 2.24) is 4.90 Å². The van der Waals surface area contributed by atoms with E-state index >= 15 is 0 Å². The molecule has 0 saturated carbocycles. The minimum absolute atomic E-state index is 0.00877. The fourth-order valence-electron chi connectivity index (χ4n) is 1.81. The summed E-state index contributed by atoms with van der Waals surface area (Å²) < 4.78 is 0. The van der Waals surface area contributed by atoms with E-state index in [1.54, 1.807) is 29.2 Å². The van der Waals surface area contributed by atoms with Crippen molar-refractivity contribution in [1.29, 1.82) is 5.26 Å². The van der Waals surface area contributed by atoms with Crippen molar-refractivity contribution >= 4 is 17.5 Å². The number of nitrogens with zero attached hydrogens (tertiary/aromatic N) is 2. The summed E-state index contributed by atoms with van der Waals surface area (Å²) in [7, 11) is 0. The van der Waals surface area contributed by atoms with E-state index in [1.165, 1.54) is 6.92 Å². The van der Waals surface area contributed by atoms with Gasteiger partial charge < -0.3 is 10.2 Å². The number of benzene rings is 1. The van der Waals surface area contributed by atoms with Gasteiger partial charge in [-0.25, -0.2) is 0 Å². The number of likely N-dealkylation sites (tertiary alicyclic amines) is 1. The molecule has 2 rings (SSSR count). The van der Waals surface area contributed by atoms with E-state index in [0.717, 1.165) is 0 Å². The molecular formula is C13H13N3O2. The van der Waals surface area contributed by atoms with Gasteiger partial charge in [0.05, 0.1) is 17.6 Å². The molecule has 0 aliphatic carbocycles. The Hall–Kier alpha value is -2.35. The zero-order valence-electron chi connectivity index (χ0n) is 10.0.